The fourth-order valence-electron chi connectivity index (χ4n) is 6.15. The van der Waals surface area contributed by atoms with Crippen LogP contribution < -0.4 is 0 Å². The molecular weight excluding hydrogens is 136 g/mol. The Balaban J connectivity index is 1.88. The average molecular weight is 148 g/mol. The molecule has 6 fully saturated rings. The molecular formula is C10H12O. The van der Waals surface area contributed by atoms with E-state index in [1.165, 1.54) is 6.42 Å². The van der Waals surface area contributed by atoms with Crippen molar-refractivity contribution in [3.63, 3.8) is 0 Å². The van der Waals surface area contributed by atoms with Gasteiger partial charge in [0, 0.05) is 0 Å². The lowest BCUT2D eigenvalue weighted by Crippen LogP contribution is -2.60. The number of rotatable bonds is 0. The van der Waals surface area contributed by atoms with E-state index in [1.807, 2.05) is 0 Å². The smallest absolute Gasteiger partial charge is 0.0607 e. The van der Waals surface area contributed by atoms with E-state index in [9.17, 15) is 5.11 Å². The highest BCUT2D eigenvalue weighted by molar-refractivity contribution is 5.33. The van der Waals surface area contributed by atoms with E-state index in [2.05, 4.69) is 0 Å². The van der Waals surface area contributed by atoms with Crippen molar-refractivity contribution in [3.8, 4) is 0 Å². The van der Waals surface area contributed by atoms with Crippen molar-refractivity contribution < 1.29 is 5.11 Å². The maximum Gasteiger partial charge on any atom is 0.0607 e. The monoisotopic (exact) mass is 148 g/mol. The summed E-state index contributed by atoms with van der Waals surface area (Å²) in [5, 5.41) is 9.92. The predicted molar refractivity (Wildman–Crippen MR) is 38.5 cm³/mol. The van der Waals surface area contributed by atoms with Crippen LogP contribution in [0.2, 0.25) is 0 Å². The van der Waals surface area contributed by atoms with E-state index >= 15 is 0 Å². The summed E-state index contributed by atoms with van der Waals surface area (Å²) in [6.07, 6.45) is 1.66. The first kappa shape index (κ1) is 4.86. The molecule has 6 aliphatic rings. The van der Waals surface area contributed by atoms with E-state index in [0.29, 0.717) is 0 Å². The number of aliphatic hydroxyl groups is 1. The number of aliphatic hydroxyl groups excluding tert-OH is 1. The van der Waals surface area contributed by atoms with E-state index in [0.717, 1.165) is 47.3 Å². The molecule has 1 heteroatoms. The largest absolute Gasteiger partial charge is 0.393 e. The zero-order chi connectivity index (χ0) is 6.90. The van der Waals surface area contributed by atoms with Crippen LogP contribution >= 0.6 is 0 Å². The third-order valence-corrected chi connectivity index (χ3v) is 5.98. The molecule has 58 valence electrons. The van der Waals surface area contributed by atoms with Crippen molar-refractivity contribution in [1.29, 1.82) is 0 Å². The fraction of sp³-hybridized carbons (Fsp3) is 1.00. The van der Waals surface area contributed by atoms with Crippen molar-refractivity contribution >= 4 is 0 Å². The third-order valence-electron chi connectivity index (χ3n) is 5.98. The van der Waals surface area contributed by atoms with Gasteiger partial charge in [0.05, 0.1) is 6.10 Å². The number of hydrogen-bond donors (Lipinski definition) is 1. The molecule has 11 heavy (non-hydrogen) atoms. The second-order valence-corrected chi connectivity index (χ2v) is 5.52. The molecule has 0 aromatic rings. The van der Waals surface area contributed by atoms with Crippen molar-refractivity contribution in [2.24, 2.45) is 47.3 Å². The Morgan fingerprint density at radius 1 is 0.727 bits per heavy atom. The lowest BCUT2D eigenvalue weighted by molar-refractivity contribution is -0.172. The van der Waals surface area contributed by atoms with Gasteiger partial charge in [0.25, 0.3) is 0 Å². The zero-order valence-electron chi connectivity index (χ0n) is 6.35. The SMILES string of the molecule is O[C@@H]1[C@H]2[C@@H]3[C@@H]4C[C@H]5[C@H]3[C@@H]2[C@@H]5[C@H]14. The minimum Gasteiger partial charge on any atom is -0.393 e. The summed E-state index contributed by atoms with van der Waals surface area (Å²) in [7, 11) is 0. The number of hydrogen-bond acceptors (Lipinski definition) is 1. The van der Waals surface area contributed by atoms with Gasteiger partial charge in [0.2, 0.25) is 0 Å². The lowest BCUT2D eigenvalue weighted by atomic mass is 9.41. The molecule has 6 saturated carbocycles. The van der Waals surface area contributed by atoms with Crippen molar-refractivity contribution in [2.45, 2.75) is 12.5 Å². The minimum atomic E-state index is 0.156. The van der Waals surface area contributed by atoms with Gasteiger partial charge in [-0.25, -0.2) is 0 Å². The first-order valence-corrected chi connectivity index (χ1v) is 5.07. The predicted octanol–water partition coefficient (Wildman–Crippen LogP) is 0.735. The first-order valence-electron chi connectivity index (χ1n) is 5.07. The van der Waals surface area contributed by atoms with Gasteiger partial charge in [-0.05, 0) is 53.8 Å². The molecule has 0 radical (unpaired) electrons. The summed E-state index contributed by atoms with van der Waals surface area (Å²) in [4.78, 5) is 0. The van der Waals surface area contributed by atoms with Crippen molar-refractivity contribution in [3.05, 3.63) is 0 Å². The van der Waals surface area contributed by atoms with Gasteiger partial charge in [-0.1, -0.05) is 0 Å². The van der Waals surface area contributed by atoms with E-state index in [-0.39, 0.29) is 6.10 Å². The van der Waals surface area contributed by atoms with Crippen LogP contribution in [-0.4, -0.2) is 11.2 Å². The van der Waals surface area contributed by atoms with Gasteiger partial charge in [-0.2, -0.15) is 0 Å². The van der Waals surface area contributed by atoms with E-state index < -0.39 is 0 Å². The van der Waals surface area contributed by atoms with Gasteiger partial charge in [0.1, 0.15) is 0 Å². The summed E-state index contributed by atoms with van der Waals surface area (Å²) >= 11 is 0. The molecule has 4 bridgehead atoms. The molecule has 0 aliphatic heterocycles. The molecule has 0 amide bonds. The molecule has 0 saturated heterocycles. The third kappa shape index (κ3) is 0.234. The molecule has 1 N–H and O–H groups in total. The van der Waals surface area contributed by atoms with Crippen LogP contribution in [-0.2, 0) is 0 Å². The van der Waals surface area contributed by atoms with Crippen LogP contribution in [0.25, 0.3) is 0 Å². The maximum absolute atomic E-state index is 9.92. The second-order valence-electron chi connectivity index (χ2n) is 5.52. The molecule has 0 heterocycles. The van der Waals surface area contributed by atoms with Gasteiger partial charge < -0.3 is 5.11 Å². The van der Waals surface area contributed by atoms with Crippen molar-refractivity contribution in [2.75, 3.05) is 0 Å². The van der Waals surface area contributed by atoms with E-state index in [4.69, 9.17) is 0 Å². The Kier molecular flexibility index (Phi) is 0.452. The summed E-state index contributed by atoms with van der Waals surface area (Å²) in [5.41, 5.74) is 0. The zero-order valence-corrected chi connectivity index (χ0v) is 6.35. The van der Waals surface area contributed by atoms with Gasteiger partial charge in [0.15, 0.2) is 0 Å². The minimum absolute atomic E-state index is 0.156. The molecule has 6 rings (SSSR count). The molecule has 0 aromatic heterocycles. The standard InChI is InChI=1S/C10H12O/c11-10-7-3-1-2-4-5(3)9(10)8(4)6(2)7/h2-11H,1H2/t2-,3-,4+,5+,6-,7+,8+,9-,10-/m0/s1. The van der Waals surface area contributed by atoms with Crippen LogP contribution in [0.1, 0.15) is 6.42 Å². The Labute approximate surface area is 65.8 Å². The lowest BCUT2D eigenvalue weighted by Gasteiger charge is -2.63. The highest BCUT2D eigenvalue weighted by Gasteiger charge is 2.86. The molecule has 1 nitrogen and oxygen atoms in total. The quantitative estimate of drug-likeness (QED) is 0.537. The maximum atomic E-state index is 9.92. The Morgan fingerprint density at radius 2 is 1.36 bits per heavy atom. The molecule has 0 aromatic carbocycles. The Morgan fingerprint density at radius 3 is 2.00 bits per heavy atom. The van der Waals surface area contributed by atoms with Gasteiger partial charge >= 0.3 is 0 Å². The van der Waals surface area contributed by atoms with Crippen LogP contribution in [0.4, 0.5) is 0 Å². The van der Waals surface area contributed by atoms with Crippen molar-refractivity contribution in [1.82, 2.24) is 0 Å². The highest BCUT2D eigenvalue weighted by Crippen LogP contribution is 2.88. The molecule has 9 atom stereocenters. The average Bonchev–Trinajstić information content (AvgIpc) is 2.40. The van der Waals surface area contributed by atoms with Gasteiger partial charge in [-0.15, -0.1) is 0 Å². The fourth-order valence-corrected chi connectivity index (χ4v) is 6.15. The van der Waals surface area contributed by atoms with Crippen LogP contribution in [0.5, 0.6) is 0 Å². The van der Waals surface area contributed by atoms with Crippen LogP contribution in [0.3, 0.4) is 0 Å². The summed E-state index contributed by atoms with van der Waals surface area (Å²) in [6, 6.07) is 0. The van der Waals surface area contributed by atoms with Gasteiger partial charge in [-0.3, -0.25) is 0 Å². The molecule has 6 aliphatic carbocycles. The normalized spacial score (nSPS) is 90.8. The second kappa shape index (κ2) is 1.02. The summed E-state index contributed by atoms with van der Waals surface area (Å²) < 4.78 is 0. The first-order chi connectivity index (χ1) is 5.39. The Hall–Kier alpha value is -0.0400. The Bertz CT molecular complexity index is 264. The topological polar surface area (TPSA) is 20.2 Å². The molecule has 0 unspecified atom stereocenters. The summed E-state index contributed by atoms with van der Waals surface area (Å²) in [6.45, 7) is 0. The molecule has 0 spiro atoms. The van der Waals surface area contributed by atoms with E-state index in [1.54, 1.807) is 0 Å². The summed E-state index contributed by atoms with van der Waals surface area (Å²) in [5.74, 6) is 7.91. The van der Waals surface area contributed by atoms with Crippen LogP contribution in [0, 0.1) is 47.3 Å². The highest BCUT2D eigenvalue weighted by atomic mass is 16.3. The van der Waals surface area contributed by atoms with Crippen LogP contribution in [0.15, 0.2) is 0 Å².